The highest BCUT2D eigenvalue weighted by atomic mass is 32.2. The van der Waals surface area contributed by atoms with E-state index in [1.807, 2.05) is 19.6 Å². The molecule has 0 saturated heterocycles. The van der Waals surface area contributed by atoms with E-state index in [4.69, 9.17) is 0 Å². The van der Waals surface area contributed by atoms with Crippen LogP contribution in [-0.2, 0) is 10.1 Å². The molecule has 0 spiro atoms. The van der Waals surface area contributed by atoms with Gasteiger partial charge in [0.05, 0.1) is 18.2 Å². The SMILES string of the molecule is C[Si](C)(C)CS(=O)(=O)[O-]. The molecule has 0 amide bonds. The summed E-state index contributed by atoms with van der Waals surface area (Å²) in [5.74, 6) is 0. The highest BCUT2D eigenvalue weighted by Crippen LogP contribution is 2.02. The van der Waals surface area contributed by atoms with Gasteiger partial charge in [-0.05, 0) is 0 Å². The summed E-state index contributed by atoms with van der Waals surface area (Å²) in [5.41, 5.74) is 0. The summed E-state index contributed by atoms with van der Waals surface area (Å²) in [6.45, 7) is 5.55. The second kappa shape index (κ2) is 2.40. The Kier molecular flexibility index (Phi) is 2.43. The standard InChI is InChI=1S/C4H12O3SSi/c1-9(2,3)4-8(5,6)7/h4H2,1-3H3,(H,5,6,7)/p-1. The molecule has 0 bridgehead atoms. The van der Waals surface area contributed by atoms with Gasteiger partial charge in [-0.25, -0.2) is 8.42 Å². The Hall–Kier alpha value is 0.127. The molecule has 0 atom stereocenters. The molecular weight excluding hydrogens is 156 g/mol. The summed E-state index contributed by atoms with van der Waals surface area (Å²) in [5, 5.41) is -0.153. The topological polar surface area (TPSA) is 57.2 Å². The Bertz CT molecular complexity index is 176. The van der Waals surface area contributed by atoms with Crippen molar-refractivity contribution in [2.75, 3.05) is 5.38 Å². The minimum atomic E-state index is -3.97. The van der Waals surface area contributed by atoms with E-state index in [9.17, 15) is 13.0 Å². The van der Waals surface area contributed by atoms with Gasteiger partial charge in [-0.1, -0.05) is 19.6 Å². The van der Waals surface area contributed by atoms with Gasteiger partial charge < -0.3 is 4.55 Å². The summed E-state index contributed by atoms with van der Waals surface area (Å²) < 4.78 is 30.4. The Labute approximate surface area is 56.8 Å². The molecule has 0 aliphatic carbocycles. The number of hydrogen-bond acceptors (Lipinski definition) is 3. The average Bonchev–Trinajstić information content (AvgIpc) is 1.14. The minimum Gasteiger partial charge on any atom is -0.748 e. The lowest BCUT2D eigenvalue weighted by Gasteiger charge is -2.17. The van der Waals surface area contributed by atoms with Crippen LogP contribution in [0, 0.1) is 0 Å². The quantitative estimate of drug-likeness (QED) is 0.442. The van der Waals surface area contributed by atoms with E-state index >= 15 is 0 Å². The monoisotopic (exact) mass is 167 g/mol. The lowest BCUT2D eigenvalue weighted by atomic mass is 11.8. The van der Waals surface area contributed by atoms with E-state index in [1.165, 1.54) is 0 Å². The van der Waals surface area contributed by atoms with Gasteiger partial charge in [0, 0.05) is 5.38 Å². The van der Waals surface area contributed by atoms with Gasteiger partial charge in [0.25, 0.3) is 0 Å². The van der Waals surface area contributed by atoms with Gasteiger partial charge in [0.15, 0.2) is 0 Å². The third kappa shape index (κ3) is 8.13. The third-order valence-electron chi connectivity index (χ3n) is 0.610. The molecule has 0 saturated carbocycles. The van der Waals surface area contributed by atoms with Crippen molar-refractivity contribution in [3.05, 3.63) is 0 Å². The summed E-state index contributed by atoms with van der Waals surface area (Å²) in [6.07, 6.45) is 0. The van der Waals surface area contributed by atoms with Crippen LogP contribution in [-0.4, -0.2) is 26.4 Å². The van der Waals surface area contributed by atoms with Crippen LogP contribution in [0.3, 0.4) is 0 Å². The highest BCUT2D eigenvalue weighted by molar-refractivity contribution is 7.87. The zero-order valence-electron chi connectivity index (χ0n) is 5.84. The van der Waals surface area contributed by atoms with Crippen molar-refractivity contribution in [2.45, 2.75) is 19.6 Å². The van der Waals surface area contributed by atoms with Crippen molar-refractivity contribution in [1.29, 1.82) is 0 Å². The molecule has 0 aliphatic rings. The maximum absolute atomic E-state index is 10.1. The Balaban J connectivity index is 4.07. The molecule has 3 nitrogen and oxygen atoms in total. The Morgan fingerprint density at radius 3 is 1.67 bits per heavy atom. The molecule has 0 heterocycles. The maximum atomic E-state index is 10.1. The summed E-state index contributed by atoms with van der Waals surface area (Å²) >= 11 is 0. The Morgan fingerprint density at radius 1 is 1.33 bits per heavy atom. The van der Waals surface area contributed by atoms with Crippen LogP contribution in [0.15, 0.2) is 0 Å². The van der Waals surface area contributed by atoms with Crippen LogP contribution in [0.25, 0.3) is 0 Å². The molecular formula is C4H11O3SSi-. The molecule has 9 heavy (non-hydrogen) atoms. The first-order valence-electron chi connectivity index (χ1n) is 2.64. The van der Waals surface area contributed by atoms with Gasteiger partial charge in [-0.2, -0.15) is 0 Å². The summed E-state index contributed by atoms with van der Waals surface area (Å²) in [4.78, 5) is 0. The average molecular weight is 167 g/mol. The predicted octanol–water partition coefficient (Wildman–Crippen LogP) is 0.409. The maximum Gasteiger partial charge on any atom is 0.0920 e. The fraction of sp³-hybridized carbons (Fsp3) is 1.00. The molecule has 0 rings (SSSR count). The van der Waals surface area contributed by atoms with Gasteiger partial charge in [-0.3, -0.25) is 0 Å². The van der Waals surface area contributed by atoms with Crippen LogP contribution < -0.4 is 0 Å². The van der Waals surface area contributed by atoms with Crippen LogP contribution in [0.1, 0.15) is 0 Å². The van der Waals surface area contributed by atoms with Gasteiger partial charge in [0.1, 0.15) is 0 Å². The van der Waals surface area contributed by atoms with Crippen LogP contribution >= 0.6 is 0 Å². The second-order valence-electron chi connectivity index (χ2n) is 3.26. The smallest absolute Gasteiger partial charge is 0.0920 e. The normalized spacial score (nSPS) is 13.8. The van der Waals surface area contributed by atoms with Crippen molar-refractivity contribution in [2.24, 2.45) is 0 Å². The molecule has 0 fully saturated rings. The molecule has 0 unspecified atom stereocenters. The largest absolute Gasteiger partial charge is 0.748 e. The minimum absolute atomic E-state index is 0.153. The van der Waals surface area contributed by atoms with Crippen molar-refractivity contribution in [3.8, 4) is 0 Å². The molecule has 0 aromatic heterocycles. The fourth-order valence-corrected chi connectivity index (χ4v) is 4.77. The van der Waals surface area contributed by atoms with E-state index in [2.05, 4.69) is 0 Å². The molecule has 0 radical (unpaired) electrons. The molecule has 5 heteroatoms. The molecule has 0 aromatic carbocycles. The fourth-order valence-electron chi connectivity index (χ4n) is 0.530. The van der Waals surface area contributed by atoms with Crippen LogP contribution in [0.2, 0.25) is 19.6 Å². The second-order valence-corrected chi connectivity index (χ2v) is 10.7. The first-order valence-corrected chi connectivity index (χ1v) is 7.93. The predicted molar refractivity (Wildman–Crippen MR) is 37.9 cm³/mol. The third-order valence-corrected chi connectivity index (χ3v) is 5.49. The van der Waals surface area contributed by atoms with Gasteiger partial charge >= 0.3 is 0 Å². The molecule has 0 N–H and O–H groups in total. The van der Waals surface area contributed by atoms with E-state index in [0.717, 1.165) is 0 Å². The van der Waals surface area contributed by atoms with Gasteiger partial charge in [-0.15, -0.1) is 0 Å². The summed E-state index contributed by atoms with van der Waals surface area (Å²) in [6, 6.07) is 0. The lowest BCUT2D eigenvalue weighted by molar-refractivity contribution is 0.467. The van der Waals surface area contributed by atoms with Crippen molar-refractivity contribution < 1.29 is 13.0 Å². The first-order chi connectivity index (χ1) is 3.71. The first kappa shape index (κ1) is 9.13. The zero-order valence-corrected chi connectivity index (χ0v) is 7.66. The molecule has 0 aliphatic heterocycles. The molecule has 0 aromatic rings. The van der Waals surface area contributed by atoms with E-state index < -0.39 is 18.2 Å². The molecule has 56 valence electrons. The van der Waals surface area contributed by atoms with Crippen molar-refractivity contribution in [3.63, 3.8) is 0 Å². The van der Waals surface area contributed by atoms with E-state index in [0.29, 0.717) is 0 Å². The zero-order chi connectivity index (χ0) is 7.71. The van der Waals surface area contributed by atoms with E-state index in [-0.39, 0.29) is 5.38 Å². The van der Waals surface area contributed by atoms with Crippen LogP contribution in [0.4, 0.5) is 0 Å². The van der Waals surface area contributed by atoms with E-state index in [1.54, 1.807) is 0 Å². The Morgan fingerprint density at radius 2 is 1.67 bits per heavy atom. The van der Waals surface area contributed by atoms with Crippen molar-refractivity contribution in [1.82, 2.24) is 0 Å². The van der Waals surface area contributed by atoms with Crippen molar-refractivity contribution >= 4 is 18.2 Å². The highest BCUT2D eigenvalue weighted by Gasteiger charge is 2.16. The summed E-state index contributed by atoms with van der Waals surface area (Å²) in [7, 11) is -5.66. The van der Waals surface area contributed by atoms with Crippen LogP contribution in [0.5, 0.6) is 0 Å². The van der Waals surface area contributed by atoms with Gasteiger partial charge in [0.2, 0.25) is 0 Å². The number of hydrogen-bond donors (Lipinski definition) is 0. The number of rotatable bonds is 2. The lowest BCUT2D eigenvalue weighted by Crippen LogP contribution is -2.31.